The van der Waals surface area contributed by atoms with Crippen molar-refractivity contribution in [2.45, 2.75) is 20.4 Å². The number of carboxylic acid groups (broad SMARTS) is 1. The minimum Gasteiger partial charge on any atom is -0.476 e. The smallest absolute Gasteiger partial charge is 0.358 e. The maximum atomic E-state index is 10.5. The Morgan fingerprint density at radius 2 is 2.41 bits per heavy atom. The fraction of sp³-hybridized carbons (Fsp3) is 0.636. The van der Waals surface area contributed by atoms with E-state index < -0.39 is 5.97 Å². The van der Waals surface area contributed by atoms with Crippen LogP contribution in [0.3, 0.4) is 0 Å². The van der Waals surface area contributed by atoms with Crippen molar-refractivity contribution in [2.75, 3.05) is 19.8 Å². The molecule has 0 saturated heterocycles. The minimum atomic E-state index is -1.08. The van der Waals surface area contributed by atoms with E-state index in [2.05, 4.69) is 24.3 Å². The molecule has 1 aromatic rings. The van der Waals surface area contributed by atoms with Gasteiger partial charge in [-0.15, -0.1) is 0 Å². The summed E-state index contributed by atoms with van der Waals surface area (Å²) in [6.07, 6.45) is 0. The zero-order valence-corrected chi connectivity index (χ0v) is 10.1. The second-order valence-electron chi connectivity index (χ2n) is 4.13. The third-order valence-corrected chi connectivity index (χ3v) is 1.95. The SMILES string of the molecule is CC(C)COCCNCc1cc(C(=O)O)no1. The van der Waals surface area contributed by atoms with Gasteiger partial charge < -0.3 is 19.7 Å². The first-order valence-corrected chi connectivity index (χ1v) is 5.57. The quantitative estimate of drug-likeness (QED) is 0.665. The van der Waals surface area contributed by atoms with Crippen molar-refractivity contribution in [2.24, 2.45) is 5.92 Å². The van der Waals surface area contributed by atoms with Crippen LogP contribution in [0.5, 0.6) is 0 Å². The van der Waals surface area contributed by atoms with Crippen LogP contribution < -0.4 is 5.32 Å². The molecule has 0 fully saturated rings. The van der Waals surface area contributed by atoms with Gasteiger partial charge in [-0.05, 0) is 5.92 Å². The number of hydrogen-bond acceptors (Lipinski definition) is 5. The predicted octanol–water partition coefficient (Wildman–Crippen LogP) is 1.14. The zero-order chi connectivity index (χ0) is 12.7. The highest BCUT2D eigenvalue weighted by Crippen LogP contribution is 2.02. The molecule has 0 radical (unpaired) electrons. The Hall–Kier alpha value is -1.40. The molecular weight excluding hydrogens is 224 g/mol. The molecule has 0 aromatic carbocycles. The summed E-state index contributed by atoms with van der Waals surface area (Å²) in [5.41, 5.74) is -0.0714. The topological polar surface area (TPSA) is 84.6 Å². The molecule has 96 valence electrons. The monoisotopic (exact) mass is 242 g/mol. The number of ether oxygens (including phenoxy) is 1. The van der Waals surface area contributed by atoms with Gasteiger partial charge in [-0.2, -0.15) is 0 Å². The Balaban J connectivity index is 2.11. The molecule has 17 heavy (non-hydrogen) atoms. The molecule has 0 bridgehead atoms. The van der Waals surface area contributed by atoms with Gasteiger partial charge in [-0.3, -0.25) is 0 Å². The Kier molecular flexibility index (Phi) is 5.65. The van der Waals surface area contributed by atoms with Crippen LogP contribution in [0.2, 0.25) is 0 Å². The van der Waals surface area contributed by atoms with E-state index in [1.165, 1.54) is 6.07 Å². The normalized spacial score (nSPS) is 11.0. The standard InChI is InChI=1S/C11H18N2O4/c1-8(2)7-16-4-3-12-6-9-5-10(11(14)15)13-17-9/h5,8,12H,3-4,6-7H2,1-2H3,(H,14,15). The molecule has 0 aliphatic heterocycles. The highest BCUT2D eigenvalue weighted by atomic mass is 16.5. The van der Waals surface area contributed by atoms with E-state index in [0.29, 0.717) is 31.4 Å². The van der Waals surface area contributed by atoms with E-state index in [-0.39, 0.29) is 5.69 Å². The Bertz CT molecular complexity index is 349. The number of carbonyl (C=O) groups is 1. The van der Waals surface area contributed by atoms with Crippen molar-refractivity contribution in [3.05, 3.63) is 17.5 Å². The van der Waals surface area contributed by atoms with Crippen molar-refractivity contribution in [3.8, 4) is 0 Å². The molecule has 6 heteroatoms. The van der Waals surface area contributed by atoms with Crippen LogP contribution in [0.1, 0.15) is 30.1 Å². The molecule has 1 heterocycles. The van der Waals surface area contributed by atoms with E-state index in [0.717, 1.165) is 6.61 Å². The second-order valence-corrected chi connectivity index (χ2v) is 4.13. The average molecular weight is 242 g/mol. The molecule has 0 aliphatic rings. The van der Waals surface area contributed by atoms with E-state index in [1.807, 2.05) is 0 Å². The van der Waals surface area contributed by atoms with Crippen LogP contribution in [-0.4, -0.2) is 36.0 Å². The van der Waals surface area contributed by atoms with Crippen LogP contribution in [0, 0.1) is 5.92 Å². The summed E-state index contributed by atoms with van der Waals surface area (Å²) in [6.45, 7) is 6.69. The lowest BCUT2D eigenvalue weighted by molar-refractivity contribution is 0.0685. The summed E-state index contributed by atoms with van der Waals surface area (Å²) in [7, 11) is 0. The molecule has 6 nitrogen and oxygen atoms in total. The number of nitrogens with zero attached hydrogens (tertiary/aromatic N) is 1. The lowest BCUT2D eigenvalue weighted by Crippen LogP contribution is -2.20. The Morgan fingerprint density at radius 3 is 3.00 bits per heavy atom. The summed E-state index contributed by atoms with van der Waals surface area (Å²) in [5.74, 6) is -0.0473. The molecular formula is C11H18N2O4. The number of aromatic nitrogens is 1. The largest absolute Gasteiger partial charge is 0.476 e. The van der Waals surface area contributed by atoms with Gasteiger partial charge in [0.05, 0.1) is 13.2 Å². The maximum absolute atomic E-state index is 10.5. The first-order chi connectivity index (χ1) is 8.09. The third-order valence-electron chi connectivity index (χ3n) is 1.95. The van der Waals surface area contributed by atoms with Crippen LogP contribution in [0.25, 0.3) is 0 Å². The predicted molar refractivity (Wildman–Crippen MR) is 60.8 cm³/mol. The molecule has 2 N–H and O–H groups in total. The summed E-state index contributed by atoms with van der Waals surface area (Å²) < 4.78 is 10.2. The summed E-state index contributed by atoms with van der Waals surface area (Å²) in [6, 6.07) is 1.41. The number of carboxylic acids is 1. The molecule has 0 atom stereocenters. The van der Waals surface area contributed by atoms with Gasteiger partial charge in [-0.1, -0.05) is 19.0 Å². The van der Waals surface area contributed by atoms with Gasteiger partial charge in [-0.25, -0.2) is 4.79 Å². The lowest BCUT2D eigenvalue weighted by atomic mass is 10.2. The first-order valence-electron chi connectivity index (χ1n) is 5.57. The van der Waals surface area contributed by atoms with Crippen LogP contribution >= 0.6 is 0 Å². The summed E-state index contributed by atoms with van der Waals surface area (Å²) in [5, 5.41) is 15.1. The van der Waals surface area contributed by atoms with E-state index in [1.54, 1.807) is 0 Å². The second kappa shape index (κ2) is 7.03. The van der Waals surface area contributed by atoms with Crippen molar-refractivity contribution < 1.29 is 19.2 Å². The van der Waals surface area contributed by atoms with Gasteiger partial charge in [0, 0.05) is 19.2 Å². The zero-order valence-electron chi connectivity index (χ0n) is 10.1. The van der Waals surface area contributed by atoms with Crippen LogP contribution in [0.4, 0.5) is 0 Å². The first kappa shape index (κ1) is 13.7. The van der Waals surface area contributed by atoms with E-state index in [9.17, 15) is 4.79 Å². The Morgan fingerprint density at radius 1 is 1.65 bits per heavy atom. The van der Waals surface area contributed by atoms with Crippen LogP contribution in [-0.2, 0) is 11.3 Å². The molecule has 0 aliphatic carbocycles. The third kappa shape index (κ3) is 5.46. The van der Waals surface area contributed by atoms with Gasteiger partial charge in [0.25, 0.3) is 0 Å². The van der Waals surface area contributed by atoms with Gasteiger partial charge in [0.1, 0.15) is 0 Å². The molecule has 1 rings (SSSR count). The number of nitrogens with one attached hydrogen (secondary N) is 1. The number of rotatable bonds is 8. The molecule has 1 aromatic heterocycles. The van der Waals surface area contributed by atoms with Gasteiger partial charge >= 0.3 is 5.97 Å². The van der Waals surface area contributed by atoms with Gasteiger partial charge in [0.2, 0.25) is 0 Å². The average Bonchev–Trinajstić information content (AvgIpc) is 2.71. The van der Waals surface area contributed by atoms with E-state index >= 15 is 0 Å². The van der Waals surface area contributed by atoms with Crippen LogP contribution in [0.15, 0.2) is 10.6 Å². The molecule has 0 amide bonds. The fourth-order valence-electron chi connectivity index (χ4n) is 1.17. The summed E-state index contributed by atoms with van der Waals surface area (Å²) >= 11 is 0. The van der Waals surface area contributed by atoms with Crippen molar-refractivity contribution in [3.63, 3.8) is 0 Å². The minimum absolute atomic E-state index is 0.0714. The van der Waals surface area contributed by atoms with Gasteiger partial charge in [0.15, 0.2) is 11.5 Å². The number of hydrogen-bond donors (Lipinski definition) is 2. The Labute approximate surface area is 99.9 Å². The van der Waals surface area contributed by atoms with Crippen molar-refractivity contribution >= 4 is 5.97 Å². The lowest BCUT2D eigenvalue weighted by Gasteiger charge is -2.06. The fourth-order valence-corrected chi connectivity index (χ4v) is 1.17. The van der Waals surface area contributed by atoms with Crippen molar-refractivity contribution in [1.29, 1.82) is 0 Å². The van der Waals surface area contributed by atoms with Crippen molar-refractivity contribution in [1.82, 2.24) is 10.5 Å². The highest BCUT2D eigenvalue weighted by molar-refractivity contribution is 5.85. The maximum Gasteiger partial charge on any atom is 0.358 e. The van der Waals surface area contributed by atoms with E-state index in [4.69, 9.17) is 14.4 Å². The molecule has 0 spiro atoms. The molecule has 0 unspecified atom stereocenters. The molecule has 0 saturated carbocycles. The highest BCUT2D eigenvalue weighted by Gasteiger charge is 2.09. The summed E-state index contributed by atoms with van der Waals surface area (Å²) in [4.78, 5) is 10.5. The number of aromatic carboxylic acids is 1.